The van der Waals surface area contributed by atoms with Gasteiger partial charge in [0, 0.05) is 26.2 Å². The van der Waals surface area contributed by atoms with Gasteiger partial charge in [-0.15, -0.1) is 0 Å². The van der Waals surface area contributed by atoms with Crippen molar-refractivity contribution >= 4 is 0 Å². The van der Waals surface area contributed by atoms with Crippen LogP contribution in [0.4, 0.5) is 0 Å². The van der Waals surface area contributed by atoms with Gasteiger partial charge in [0.15, 0.2) is 0 Å². The van der Waals surface area contributed by atoms with E-state index in [9.17, 15) is 0 Å². The maximum Gasteiger partial charge on any atom is 0.00161 e. The van der Waals surface area contributed by atoms with E-state index in [2.05, 4.69) is 37.7 Å². The highest BCUT2D eigenvalue weighted by Gasteiger charge is 2.39. The summed E-state index contributed by atoms with van der Waals surface area (Å²) in [5, 5.41) is 0. The first-order valence-electron chi connectivity index (χ1n) is 7.43. The summed E-state index contributed by atoms with van der Waals surface area (Å²) in [6, 6.07) is 0. The summed E-state index contributed by atoms with van der Waals surface area (Å²) in [4.78, 5) is 5.12. The fourth-order valence-electron chi connectivity index (χ4n) is 4.05. The first-order chi connectivity index (χ1) is 8.06. The highest BCUT2D eigenvalue weighted by Crippen LogP contribution is 2.40. The molecule has 1 aliphatic heterocycles. The van der Waals surface area contributed by atoms with Gasteiger partial charge in [-0.1, -0.05) is 20.3 Å². The molecule has 0 aromatic carbocycles. The van der Waals surface area contributed by atoms with Crippen molar-refractivity contribution in [1.82, 2.24) is 9.80 Å². The largest absolute Gasteiger partial charge is 0.309 e. The zero-order chi connectivity index (χ0) is 12.4. The highest BCUT2D eigenvalue weighted by atomic mass is 15.2. The molecule has 0 spiro atoms. The Morgan fingerprint density at radius 2 is 1.94 bits per heavy atom. The normalized spacial score (nSPS) is 34.6. The molecule has 1 heterocycles. The Balaban J connectivity index is 1.92. The molecule has 100 valence electrons. The molecule has 2 heteroatoms. The molecule has 0 bridgehead atoms. The predicted octanol–water partition coefficient (Wildman–Crippen LogP) is 2.55. The van der Waals surface area contributed by atoms with E-state index in [4.69, 9.17) is 0 Å². The third-order valence-corrected chi connectivity index (χ3v) is 4.55. The van der Waals surface area contributed by atoms with Gasteiger partial charge < -0.3 is 9.80 Å². The Morgan fingerprint density at radius 3 is 2.59 bits per heavy atom. The predicted molar refractivity (Wildman–Crippen MR) is 74.2 cm³/mol. The lowest BCUT2D eigenvalue weighted by atomic mass is 9.74. The minimum atomic E-state index is 0.822. The van der Waals surface area contributed by atoms with Gasteiger partial charge in [-0.2, -0.15) is 0 Å². The quantitative estimate of drug-likeness (QED) is 0.743. The van der Waals surface area contributed by atoms with E-state index in [0.29, 0.717) is 0 Å². The summed E-state index contributed by atoms with van der Waals surface area (Å²) in [5.41, 5.74) is 0. The molecule has 2 nitrogen and oxygen atoms in total. The zero-order valence-electron chi connectivity index (χ0n) is 12.2. The molecule has 0 aromatic heterocycles. The Morgan fingerprint density at radius 1 is 1.18 bits per heavy atom. The molecule has 1 saturated heterocycles. The van der Waals surface area contributed by atoms with Gasteiger partial charge in [0.25, 0.3) is 0 Å². The molecule has 0 unspecified atom stereocenters. The minimum Gasteiger partial charge on any atom is -0.309 e. The summed E-state index contributed by atoms with van der Waals surface area (Å²) < 4.78 is 0. The van der Waals surface area contributed by atoms with Crippen LogP contribution in [0.3, 0.4) is 0 Å². The summed E-state index contributed by atoms with van der Waals surface area (Å²) in [6.45, 7) is 10.1. The molecule has 2 aliphatic rings. The topological polar surface area (TPSA) is 6.48 Å². The molecule has 1 saturated carbocycles. The average molecular weight is 238 g/mol. The van der Waals surface area contributed by atoms with E-state index in [1.54, 1.807) is 0 Å². The number of fused-ring (bicyclic) bond motifs is 1. The molecule has 0 aromatic rings. The monoisotopic (exact) mass is 238 g/mol. The van der Waals surface area contributed by atoms with Crippen LogP contribution in [0.25, 0.3) is 0 Å². The van der Waals surface area contributed by atoms with E-state index in [-0.39, 0.29) is 0 Å². The lowest BCUT2D eigenvalue weighted by molar-refractivity contribution is 0.158. The second-order valence-corrected chi connectivity index (χ2v) is 6.99. The molecule has 0 N–H and O–H groups in total. The van der Waals surface area contributed by atoms with Crippen molar-refractivity contribution in [3.8, 4) is 0 Å². The standard InChI is InChI=1S/C15H30N2/c1-12(2)8-17-10-14-7-5-6-13(9-16(3)4)15(14)11-17/h12-15H,5-11H2,1-4H3/t13-,14+,15+/m0/s1. The van der Waals surface area contributed by atoms with Crippen molar-refractivity contribution in [3.05, 3.63) is 0 Å². The smallest absolute Gasteiger partial charge is 0.00161 e. The second-order valence-electron chi connectivity index (χ2n) is 6.99. The van der Waals surface area contributed by atoms with E-state index in [1.165, 1.54) is 45.4 Å². The van der Waals surface area contributed by atoms with Gasteiger partial charge in [0.05, 0.1) is 0 Å². The molecular formula is C15H30N2. The molecule has 3 atom stereocenters. The van der Waals surface area contributed by atoms with E-state index >= 15 is 0 Å². The van der Waals surface area contributed by atoms with Crippen LogP contribution >= 0.6 is 0 Å². The van der Waals surface area contributed by atoms with Crippen LogP contribution in [0, 0.1) is 23.7 Å². The maximum absolute atomic E-state index is 2.73. The van der Waals surface area contributed by atoms with Gasteiger partial charge in [-0.25, -0.2) is 0 Å². The molecule has 17 heavy (non-hydrogen) atoms. The van der Waals surface area contributed by atoms with Crippen LogP contribution in [0.5, 0.6) is 0 Å². The van der Waals surface area contributed by atoms with Crippen molar-refractivity contribution < 1.29 is 0 Å². The lowest BCUT2D eigenvalue weighted by Crippen LogP contribution is -2.34. The van der Waals surface area contributed by atoms with Gasteiger partial charge in [-0.3, -0.25) is 0 Å². The first kappa shape index (κ1) is 13.4. The highest BCUT2D eigenvalue weighted by molar-refractivity contribution is 4.92. The third-order valence-electron chi connectivity index (χ3n) is 4.55. The minimum absolute atomic E-state index is 0.822. The van der Waals surface area contributed by atoms with Crippen molar-refractivity contribution in [1.29, 1.82) is 0 Å². The van der Waals surface area contributed by atoms with Gasteiger partial charge >= 0.3 is 0 Å². The summed E-state index contributed by atoms with van der Waals surface area (Å²) in [7, 11) is 4.45. The van der Waals surface area contributed by atoms with E-state index in [1.807, 2.05) is 0 Å². The van der Waals surface area contributed by atoms with Crippen LogP contribution in [-0.2, 0) is 0 Å². The number of hydrogen-bond donors (Lipinski definition) is 0. The number of nitrogens with zero attached hydrogens (tertiary/aromatic N) is 2. The fourth-order valence-corrected chi connectivity index (χ4v) is 4.05. The Hall–Kier alpha value is -0.0800. The molecule has 0 radical (unpaired) electrons. The second kappa shape index (κ2) is 5.71. The van der Waals surface area contributed by atoms with Crippen LogP contribution in [0.15, 0.2) is 0 Å². The van der Waals surface area contributed by atoms with Gasteiger partial charge in [-0.05, 0) is 50.6 Å². The van der Waals surface area contributed by atoms with Crippen LogP contribution in [0.1, 0.15) is 33.1 Å². The van der Waals surface area contributed by atoms with Gasteiger partial charge in [0.2, 0.25) is 0 Å². The third kappa shape index (κ3) is 3.45. The molecule has 1 aliphatic carbocycles. The summed E-state index contributed by atoms with van der Waals surface area (Å²) in [5.74, 6) is 3.78. The maximum atomic E-state index is 2.73. The number of hydrogen-bond acceptors (Lipinski definition) is 2. The summed E-state index contributed by atoms with van der Waals surface area (Å²) in [6.07, 6.45) is 4.42. The van der Waals surface area contributed by atoms with Gasteiger partial charge in [0.1, 0.15) is 0 Å². The Labute approximate surface area is 107 Å². The molecular weight excluding hydrogens is 208 g/mol. The molecule has 0 amide bonds. The molecule has 2 fully saturated rings. The molecule has 2 rings (SSSR count). The van der Waals surface area contributed by atoms with Crippen molar-refractivity contribution in [2.45, 2.75) is 33.1 Å². The number of likely N-dealkylation sites (tertiary alicyclic amines) is 1. The van der Waals surface area contributed by atoms with Crippen molar-refractivity contribution in [2.24, 2.45) is 23.7 Å². The van der Waals surface area contributed by atoms with Crippen molar-refractivity contribution in [2.75, 3.05) is 40.3 Å². The average Bonchev–Trinajstić information content (AvgIpc) is 2.59. The van der Waals surface area contributed by atoms with Crippen LogP contribution < -0.4 is 0 Å². The Kier molecular flexibility index (Phi) is 4.48. The van der Waals surface area contributed by atoms with Crippen LogP contribution in [0.2, 0.25) is 0 Å². The summed E-state index contributed by atoms with van der Waals surface area (Å²) >= 11 is 0. The lowest BCUT2D eigenvalue weighted by Gasteiger charge is -2.34. The first-order valence-corrected chi connectivity index (χ1v) is 7.43. The van der Waals surface area contributed by atoms with Crippen LogP contribution in [-0.4, -0.2) is 50.1 Å². The van der Waals surface area contributed by atoms with E-state index < -0.39 is 0 Å². The van der Waals surface area contributed by atoms with E-state index in [0.717, 1.165) is 23.7 Å². The Bertz CT molecular complexity index is 237. The van der Waals surface area contributed by atoms with Crippen molar-refractivity contribution in [3.63, 3.8) is 0 Å². The zero-order valence-corrected chi connectivity index (χ0v) is 12.2. The SMILES string of the molecule is CC(C)CN1C[C@H]2CCC[C@@H](CN(C)C)[C@H]2C1. The fraction of sp³-hybridized carbons (Fsp3) is 1.00. The number of rotatable bonds is 4.